The smallest absolute Gasteiger partial charge is 0.229 e. The van der Waals surface area contributed by atoms with Crippen molar-refractivity contribution in [3.63, 3.8) is 0 Å². The Hall–Kier alpha value is -2.78. The number of rotatable bonds is 4. The first-order valence-electron chi connectivity index (χ1n) is 8.34. The van der Waals surface area contributed by atoms with Crippen molar-refractivity contribution in [3.05, 3.63) is 53.7 Å². The van der Waals surface area contributed by atoms with Crippen LogP contribution in [-0.4, -0.2) is 19.2 Å². The quantitative estimate of drug-likeness (QED) is 0.741. The summed E-state index contributed by atoms with van der Waals surface area (Å²) in [6.45, 7) is 6.27. The molecule has 0 aliphatic rings. The maximum absolute atomic E-state index is 11.6. The summed E-state index contributed by atoms with van der Waals surface area (Å²) in [5, 5.41) is 10.1. The number of fused-ring (bicyclic) bond motifs is 1. The Bertz CT molecular complexity index is 1120. The van der Waals surface area contributed by atoms with E-state index in [2.05, 4.69) is 36.1 Å². The van der Waals surface area contributed by atoms with Gasteiger partial charge in [-0.25, -0.2) is 8.42 Å². The van der Waals surface area contributed by atoms with Crippen molar-refractivity contribution in [2.75, 3.05) is 11.0 Å². The van der Waals surface area contributed by atoms with E-state index in [1.54, 1.807) is 6.07 Å². The molecule has 134 valence electrons. The monoisotopic (exact) mass is 367 g/mol. The minimum absolute atomic E-state index is 0.220. The van der Waals surface area contributed by atoms with Crippen LogP contribution in [0.25, 0.3) is 22.0 Å². The summed E-state index contributed by atoms with van der Waals surface area (Å²) in [4.78, 5) is 0. The molecule has 0 spiro atoms. The van der Waals surface area contributed by atoms with Crippen molar-refractivity contribution in [1.82, 2.24) is 4.57 Å². The van der Waals surface area contributed by atoms with Gasteiger partial charge in [0.1, 0.15) is 0 Å². The predicted octanol–water partition coefficient (Wildman–Crippen LogP) is 4.44. The van der Waals surface area contributed by atoms with Crippen molar-refractivity contribution in [2.24, 2.45) is 0 Å². The standard InChI is InChI=1S/C20H21N3O2S/c1-13(2)23-14(3)20(16-7-5-15(12-21)6-8-16)18-10-9-17(11-19(18)23)22-26(4,24)25/h5-11,13,22H,1-4H3. The highest BCUT2D eigenvalue weighted by atomic mass is 32.2. The first-order valence-corrected chi connectivity index (χ1v) is 10.2. The second kappa shape index (κ2) is 6.50. The molecule has 6 heteroatoms. The van der Waals surface area contributed by atoms with Gasteiger partial charge in [-0.1, -0.05) is 18.2 Å². The highest BCUT2D eigenvalue weighted by Crippen LogP contribution is 2.37. The van der Waals surface area contributed by atoms with Crippen LogP contribution < -0.4 is 4.72 Å². The Morgan fingerprint density at radius 2 is 1.77 bits per heavy atom. The molecule has 3 aromatic rings. The van der Waals surface area contributed by atoms with Gasteiger partial charge < -0.3 is 4.57 Å². The van der Waals surface area contributed by atoms with Gasteiger partial charge in [0.15, 0.2) is 0 Å². The molecule has 1 N–H and O–H groups in total. The summed E-state index contributed by atoms with van der Waals surface area (Å²) in [7, 11) is -3.33. The second-order valence-electron chi connectivity index (χ2n) is 6.72. The molecular weight excluding hydrogens is 346 g/mol. The van der Waals surface area contributed by atoms with Gasteiger partial charge in [0.2, 0.25) is 10.0 Å². The summed E-state index contributed by atoms with van der Waals surface area (Å²) in [5.74, 6) is 0. The van der Waals surface area contributed by atoms with E-state index in [0.29, 0.717) is 11.3 Å². The second-order valence-corrected chi connectivity index (χ2v) is 8.47. The fourth-order valence-corrected chi connectivity index (χ4v) is 4.01. The van der Waals surface area contributed by atoms with Crippen LogP contribution in [0.2, 0.25) is 0 Å². The largest absolute Gasteiger partial charge is 0.342 e. The Balaban J connectivity index is 2.26. The molecule has 0 aliphatic carbocycles. The Kier molecular flexibility index (Phi) is 4.51. The molecule has 5 nitrogen and oxygen atoms in total. The first-order chi connectivity index (χ1) is 12.2. The number of benzene rings is 2. The minimum atomic E-state index is -3.33. The predicted molar refractivity (Wildman–Crippen MR) is 106 cm³/mol. The maximum atomic E-state index is 11.6. The molecule has 1 heterocycles. The number of anilines is 1. The zero-order chi connectivity index (χ0) is 19.1. The Labute approximate surface area is 153 Å². The van der Waals surface area contributed by atoms with Gasteiger partial charge in [0, 0.05) is 22.7 Å². The molecule has 0 amide bonds. The Morgan fingerprint density at radius 1 is 1.12 bits per heavy atom. The topological polar surface area (TPSA) is 74.9 Å². The number of aromatic nitrogens is 1. The number of hydrogen-bond acceptors (Lipinski definition) is 3. The summed E-state index contributed by atoms with van der Waals surface area (Å²) in [6.07, 6.45) is 1.14. The third-order valence-corrected chi connectivity index (χ3v) is 4.98. The lowest BCUT2D eigenvalue weighted by atomic mass is 10.0. The van der Waals surface area contributed by atoms with Gasteiger partial charge in [-0.05, 0) is 50.6 Å². The van der Waals surface area contributed by atoms with Gasteiger partial charge in [-0.3, -0.25) is 4.72 Å². The average molecular weight is 367 g/mol. The number of nitriles is 1. The molecule has 0 aliphatic heterocycles. The van der Waals surface area contributed by atoms with E-state index in [1.165, 1.54) is 0 Å². The first kappa shape index (κ1) is 18.0. The molecule has 0 fully saturated rings. The zero-order valence-electron chi connectivity index (χ0n) is 15.2. The molecule has 0 atom stereocenters. The van der Waals surface area contributed by atoms with E-state index in [1.807, 2.05) is 36.4 Å². The summed E-state index contributed by atoms with van der Waals surface area (Å²) < 4.78 is 27.9. The lowest BCUT2D eigenvalue weighted by Gasteiger charge is -2.13. The molecule has 0 saturated heterocycles. The van der Waals surface area contributed by atoms with Crippen LogP contribution in [0.5, 0.6) is 0 Å². The van der Waals surface area contributed by atoms with E-state index >= 15 is 0 Å². The van der Waals surface area contributed by atoms with Crippen molar-refractivity contribution in [2.45, 2.75) is 26.8 Å². The molecule has 0 bridgehead atoms. The van der Waals surface area contributed by atoms with E-state index in [0.717, 1.165) is 34.0 Å². The summed E-state index contributed by atoms with van der Waals surface area (Å²) >= 11 is 0. The van der Waals surface area contributed by atoms with Gasteiger partial charge in [-0.2, -0.15) is 5.26 Å². The van der Waals surface area contributed by atoms with Crippen molar-refractivity contribution >= 4 is 26.6 Å². The van der Waals surface area contributed by atoms with E-state index < -0.39 is 10.0 Å². The molecular formula is C20H21N3O2S. The molecule has 1 aromatic heterocycles. The van der Waals surface area contributed by atoms with Gasteiger partial charge in [-0.15, -0.1) is 0 Å². The van der Waals surface area contributed by atoms with Crippen LogP contribution in [0.15, 0.2) is 42.5 Å². The van der Waals surface area contributed by atoms with Crippen LogP contribution in [0, 0.1) is 18.3 Å². The van der Waals surface area contributed by atoms with Crippen LogP contribution in [-0.2, 0) is 10.0 Å². The molecule has 0 saturated carbocycles. The lowest BCUT2D eigenvalue weighted by molar-refractivity contribution is 0.607. The SMILES string of the molecule is Cc1c(-c2ccc(C#N)cc2)c2ccc(NS(C)(=O)=O)cc2n1C(C)C. The maximum Gasteiger partial charge on any atom is 0.229 e. The molecule has 2 aromatic carbocycles. The van der Waals surface area contributed by atoms with E-state index in [9.17, 15) is 8.42 Å². The highest BCUT2D eigenvalue weighted by Gasteiger charge is 2.18. The third-order valence-electron chi connectivity index (χ3n) is 4.37. The van der Waals surface area contributed by atoms with Gasteiger partial charge in [0.05, 0.1) is 29.1 Å². The molecule has 3 rings (SSSR count). The molecule has 0 unspecified atom stereocenters. The number of nitrogens with zero attached hydrogens (tertiary/aromatic N) is 2. The number of hydrogen-bond donors (Lipinski definition) is 1. The van der Waals surface area contributed by atoms with Crippen LogP contribution in [0.3, 0.4) is 0 Å². The van der Waals surface area contributed by atoms with Crippen LogP contribution in [0.4, 0.5) is 5.69 Å². The summed E-state index contributed by atoms with van der Waals surface area (Å²) in [6, 6.07) is 15.5. The number of nitrogens with one attached hydrogen (secondary N) is 1. The van der Waals surface area contributed by atoms with E-state index in [-0.39, 0.29) is 6.04 Å². The van der Waals surface area contributed by atoms with Crippen LogP contribution >= 0.6 is 0 Å². The van der Waals surface area contributed by atoms with Crippen molar-refractivity contribution < 1.29 is 8.42 Å². The minimum Gasteiger partial charge on any atom is -0.342 e. The fraction of sp³-hybridized carbons (Fsp3) is 0.250. The molecule has 26 heavy (non-hydrogen) atoms. The lowest BCUT2D eigenvalue weighted by Crippen LogP contribution is -2.09. The van der Waals surface area contributed by atoms with Gasteiger partial charge in [0.25, 0.3) is 0 Å². The van der Waals surface area contributed by atoms with Crippen molar-refractivity contribution in [3.8, 4) is 17.2 Å². The van der Waals surface area contributed by atoms with Crippen LogP contribution in [0.1, 0.15) is 31.1 Å². The van der Waals surface area contributed by atoms with Crippen molar-refractivity contribution in [1.29, 1.82) is 5.26 Å². The highest BCUT2D eigenvalue weighted by molar-refractivity contribution is 7.92. The fourth-order valence-electron chi connectivity index (χ4n) is 3.46. The third kappa shape index (κ3) is 3.31. The zero-order valence-corrected chi connectivity index (χ0v) is 16.1. The molecule has 0 radical (unpaired) electrons. The Morgan fingerprint density at radius 3 is 2.31 bits per heavy atom. The average Bonchev–Trinajstić information content (AvgIpc) is 2.84. The van der Waals surface area contributed by atoms with E-state index in [4.69, 9.17) is 5.26 Å². The van der Waals surface area contributed by atoms with Gasteiger partial charge >= 0.3 is 0 Å². The number of sulfonamides is 1. The summed E-state index contributed by atoms with van der Waals surface area (Å²) in [5.41, 5.74) is 5.39. The normalized spacial score (nSPS) is 11.7.